The van der Waals surface area contributed by atoms with Gasteiger partial charge in [0, 0.05) is 17.3 Å². The van der Waals surface area contributed by atoms with Crippen LogP contribution in [0.25, 0.3) is 11.1 Å². The molecule has 0 spiro atoms. The van der Waals surface area contributed by atoms with Crippen LogP contribution in [0, 0.1) is 0 Å². The lowest BCUT2D eigenvalue weighted by Gasteiger charge is -2.10. The van der Waals surface area contributed by atoms with E-state index in [0.29, 0.717) is 22.9 Å². The monoisotopic (exact) mass is 334 g/mol. The van der Waals surface area contributed by atoms with Gasteiger partial charge in [0.05, 0.1) is 14.2 Å². The highest BCUT2D eigenvalue weighted by Crippen LogP contribution is 2.28. The van der Waals surface area contributed by atoms with E-state index >= 15 is 0 Å². The third kappa shape index (κ3) is 3.77. The zero-order chi connectivity index (χ0) is 17.6. The summed E-state index contributed by atoms with van der Waals surface area (Å²) in [5.41, 5.74) is 2.53. The Morgan fingerprint density at radius 3 is 2.28 bits per heavy atom. The zero-order valence-corrected chi connectivity index (χ0v) is 14.0. The fourth-order valence-electron chi connectivity index (χ4n) is 2.44. The molecule has 0 saturated carbocycles. The lowest BCUT2D eigenvalue weighted by molar-refractivity contribution is 0.102. The maximum atomic E-state index is 12.4. The van der Waals surface area contributed by atoms with Gasteiger partial charge in [-0.05, 0) is 35.9 Å². The number of pyridine rings is 1. The van der Waals surface area contributed by atoms with Crippen LogP contribution in [-0.2, 0) is 0 Å². The smallest absolute Gasteiger partial charge is 0.256 e. The van der Waals surface area contributed by atoms with Crippen LogP contribution in [0.1, 0.15) is 10.4 Å². The SMILES string of the molecule is COc1ccc(C(=O)Nc2ccc(-c3ccccc3)cn2)cc1OC. The largest absolute Gasteiger partial charge is 0.493 e. The van der Waals surface area contributed by atoms with E-state index in [1.165, 1.54) is 7.11 Å². The number of hydrogen-bond acceptors (Lipinski definition) is 4. The molecule has 0 aliphatic rings. The maximum absolute atomic E-state index is 12.4. The van der Waals surface area contributed by atoms with Gasteiger partial charge in [0.25, 0.3) is 5.91 Å². The molecule has 0 radical (unpaired) electrons. The van der Waals surface area contributed by atoms with Gasteiger partial charge >= 0.3 is 0 Å². The summed E-state index contributed by atoms with van der Waals surface area (Å²) in [6.07, 6.45) is 1.74. The first kappa shape index (κ1) is 16.5. The molecule has 0 unspecified atom stereocenters. The van der Waals surface area contributed by atoms with Gasteiger partial charge in [0.2, 0.25) is 0 Å². The third-order valence-corrected chi connectivity index (χ3v) is 3.76. The normalized spacial score (nSPS) is 10.2. The van der Waals surface area contributed by atoms with Crippen LogP contribution in [-0.4, -0.2) is 25.1 Å². The number of anilines is 1. The average molecular weight is 334 g/mol. The van der Waals surface area contributed by atoms with Crippen LogP contribution < -0.4 is 14.8 Å². The van der Waals surface area contributed by atoms with Crippen molar-refractivity contribution >= 4 is 11.7 Å². The summed E-state index contributed by atoms with van der Waals surface area (Å²) in [5.74, 6) is 1.30. The predicted molar refractivity (Wildman–Crippen MR) is 97.2 cm³/mol. The van der Waals surface area contributed by atoms with E-state index in [9.17, 15) is 4.79 Å². The molecule has 3 aromatic rings. The number of nitrogens with one attached hydrogen (secondary N) is 1. The highest BCUT2D eigenvalue weighted by atomic mass is 16.5. The summed E-state index contributed by atoms with van der Waals surface area (Å²) in [5, 5.41) is 2.78. The molecule has 0 aliphatic carbocycles. The van der Waals surface area contributed by atoms with E-state index in [-0.39, 0.29) is 5.91 Å². The van der Waals surface area contributed by atoms with Crippen LogP contribution >= 0.6 is 0 Å². The van der Waals surface area contributed by atoms with E-state index in [1.807, 2.05) is 36.4 Å². The van der Waals surface area contributed by atoms with Gasteiger partial charge in [0.15, 0.2) is 11.5 Å². The van der Waals surface area contributed by atoms with E-state index in [1.54, 1.807) is 37.6 Å². The molecule has 1 N–H and O–H groups in total. The lowest BCUT2D eigenvalue weighted by atomic mass is 10.1. The van der Waals surface area contributed by atoms with E-state index < -0.39 is 0 Å². The topological polar surface area (TPSA) is 60.5 Å². The number of hydrogen-bond donors (Lipinski definition) is 1. The molecule has 5 heteroatoms. The second kappa shape index (κ2) is 7.49. The molecule has 0 fully saturated rings. The van der Waals surface area contributed by atoms with Crippen LogP contribution in [0.4, 0.5) is 5.82 Å². The van der Waals surface area contributed by atoms with Crippen molar-refractivity contribution in [2.24, 2.45) is 0 Å². The Morgan fingerprint density at radius 2 is 1.64 bits per heavy atom. The van der Waals surface area contributed by atoms with Gasteiger partial charge in [-0.3, -0.25) is 4.79 Å². The summed E-state index contributed by atoms with van der Waals surface area (Å²) >= 11 is 0. The number of ether oxygens (including phenoxy) is 2. The average Bonchev–Trinajstić information content (AvgIpc) is 2.68. The highest BCUT2D eigenvalue weighted by Gasteiger charge is 2.11. The molecule has 5 nitrogen and oxygen atoms in total. The van der Waals surface area contributed by atoms with Crippen molar-refractivity contribution in [3.63, 3.8) is 0 Å². The standard InChI is InChI=1S/C20H18N2O3/c1-24-17-10-8-15(12-18(17)25-2)20(23)22-19-11-9-16(13-21-19)14-6-4-3-5-7-14/h3-13H,1-2H3,(H,21,22,23). The van der Waals surface area contributed by atoms with Gasteiger partial charge in [-0.25, -0.2) is 4.98 Å². The molecule has 0 aliphatic heterocycles. The van der Waals surface area contributed by atoms with Crippen molar-refractivity contribution in [2.45, 2.75) is 0 Å². The highest BCUT2D eigenvalue weighted by molar-refractivity contribution is 6.04. The first-order valence-electron chi connectivity index (χ1n) is 7.76. The molecule has 1 amide bonds. The maximum Gasteiger partial charge on any atom is 0.256 e. The van der Waals surface area contributed by atoms with E-state index in [2.05, 4.69) is 10.3 Å². The molecular formula is C20H18N2O3. The van der Waals surface area contributed by atoms with Gasteiger partial charge in [0.1, 0.15) is 5.82 Å². The Morgan fingerprint density at radius 1 is 0.880 bits per heavy atom. The fraction of sp³-hybridized carbons (Fsp3) is 0.100. The molecule has 0 bridgehead atoms. The Kier molecular flexibility index (Phi) is 4.95. The van der Waals surface area contributed by atoms with Crippen LogP contribution in [0.3, 0.4) is 0 Å². The molecule has 0 atom stereocenters. The fourth-order valence-corrected chi connectivity index (χ4v) is 2.44. The molecule has 3 rings (SSSR count). The van der Waals surface area contributed by atoms with Crippen molar-refractivity contribution in [1.82, 2.24) is 4.98 Å². The molecule has 2 aromatic carbocycles. The minimum atomic E-state index is -0.263. The molecule has 0 saturated heterocycles. The van der Waals surface area contributed by atoms with Crippen LogP contribution in [0.15, 0.2) is 66.9 Å². The summed E-state index contributed by atoms with van der Waals surface area (Å²) in [4.78, 5) is 16.7. The summed E-state index contributed by atoms with van der Waals surface area (Å²) in [6, 6.07) is 18.6. The number of carbonyl (C=O) groups excluding carboxylic acids is 1. The number of benzene rings is 2. The van der Waals surface area contributed by atoms with Crippen LogP contribution in [0.2, 0.25) is 0 Å². The second-order valence-electron chi connectivity index (χ2n) is 5.32. The zero-order valence-electron chi connectivity index (χ0n) is 14.0. The first-order chi connectivity index (χ1) is 12.2. The Hall–Kier alpha value is -3.34. The van der Waals surface area contributed by atoms with E-state index in [4.69, 9.17) is 9.47 Å². The number of carbonyl (C=O) groups is 1. The molecule has 1 heterocycles. The number of amides is 1. The lowest BCUT2D eigenvalue weighted by Crippen LogP contribution is -2.13. The van der Waals surface area contributed by atoms with Gasteiger partial charge < -0.3 is 14.8 Å². The predicted octanol–water partition coefficient (Wildman–Crippen LogP) is 4.02. The van der Waals surface area contributed by atoms with Gasteiger partial charge in [-0.15, -0.1) is 0 Å². The first-order valence-corrected chi connectivity index (χ1v) is 7.76. The summed E-state index contributed by atoms with van der Waals surface area (Å²) < 4.78 is 10.4. The Bertz CT molecular complexity index is 862. The Labute approximate surface area is 146 Å². The molecule has 126 valence electrons. The van der Waals surface area contributed by atoms with Gasteiger partial charge in [-0.2, -0.15) is 0 Å². The minimum absolute atomic E-state index is 0.263. The van der Waals surface area contributed by atoms with Crippen molar-refractivity contribution in [3.8, 4) is 22.6 Å². The third-order valence-electron chi connectivity index (χ3n) is 3.76. The minimum Gasteiger partial charge on any atom is -0.493 e. The number of aromatic nitrogens is 1. The number of methoxy groups -OCH3 is 2. The van der Waals surface area contributed by atoms with Crippen LogP contribution in [0.5, 0.6) is 11.5 Å². The summed E-state index contributed by atoms with van der Waals surface area (Å²) in [6.45, 7) is 0. The quantitative estimate of drug-likeness (QED) is 0.765. The van der Waals surface area contributed by atoms with Crippen molar-refractivity contribution in [2.75, 3.05) is 19.5 Å². The number of nitrogens with zero attached hydrogens (tertiary/aromatic N) is 1. The Balaban J connectivity index is 1.75. The molecule has 1 aromatic heterocycles. The second-order valence-corrected chi connectivity index (χ2v) is 5.32. The summed E-state index contributed by atoms with van der Waals surface area (Å²) in [7, 11) is 3.08. The van der Waals surface area contributed by atoms with Crippen molar-refractivity contribution < 1.29 is 14.3 Å². The number of rotatable bonds is 5. The molecular weight excluding hydrogens is 316 g/mol. The van der Waals surface area contributed by atoms with Gasteiger partial charge in [-0.1, -0.05) is 30.3 Å². The molecule has 25 heavy (non-hydrogen) atoms. The van der Waals surface area contributed by atoms with Crippen molar-refractivity contribution in [3.05, 3.63) is 72.4 Å². The van der Waals surface area contributed by atoms with E-state index in [0.717, 1.165) is 11.1 Å². The van der Waals surface area contributed by atoms with Crippen molar-refractivity contribution in [1.29, 1.82) is 0 Å².